The molecule has 2 aromatic rings. The zero-order valence-electron chi connectivity index (χ0n) is 10.7. The fourth-order valence-electron chi connectivity index (χ4n) is 2.97. The smallest absolute Gasteiger partial charge is 0.125 e. The minimum Gasteiger partial charge on any atom is -0.358 e. The van der Waals surface area contributed by atoms with E-state index >= 15 is 0 Å². The zero-order valence-corrected chi connectivity index (χ0v) is 10.7. The lowest BCUT2D eigenvalue weighted by atomic mass is 9.96. The molecule has 0 radical (unpaired) electrons. The molecule has 1 aliphatic heterocycles. The SMILES string of the molecule is Cc1[nH]c2cc(F)ccc2c1CC1CCCCN1. The third kappa shape index (κ3) is 2.15. The van der Waals surface area contributed by atoms with E-state index in [1.807, 2.05) is 6.07 Å². The lowest BCUT2D eigenvalue weighted by Gasteiger charge is -2.23. The quantitative estimate of drug-likeness (QED) is 0.836. The number of hydrogen-bond donors (Lipinski definition) is 2. The van der Waals surface area contributed by atoms with Crippen LogP contribution in [-0.2, 0) is 6.42 Å². The molecule has 0 bridgehead atoms. The van der Waals surface area contributed by atoms with Gasteiger partial charge in [0.25, 0.3) is 0 Å². The molecule has 1 unspecified atom stereocenters. The van der Waals surface area contributed by atoms with E-state index in [1.54, 1.807) is 12.1 Å². The third-order valence-electron chi connectivity index (χ3n) is 3.94. The maximum atomic E-state index is 13.2. The molecule has 0 amide bonds. The third-order valence-corrected chi connectivity index (χ3v) is 3.94. The van der Waals surface area contributed by atoms with Gasteiger partial charge in [-0.15, -0.1) is 0 Å². The Balaban J connectivity index is 1.92. The van der Waals surface area contributed by atoms with Crippen molar-refractivity contribution in [2.45, 2.75) is 38.6 Å². The van der Waals surface area contributed by atoms with Gasteiger partial charge in [0.2, 0.25) is 0 Å². The number of benzene rings is 1. The minimum absolute atomic E-state index is 0.175. The van der Waals surface area contributed by atoms with E-state index < -0.39 is 0 Å². The summed E-state index contributed by atoms with van der Waals surface area (Å²) in [7, 11) is 0. The Morgan fingerprint density at radius 2 is 2.22 bits per heavy atom. The van der Waals surface area contributed by atoms with Crippen LogP contribution in [0.2, 0.25) is 0 Å². The highest BCUT2D eigenvalue weighted by atomic mass is 19.1. The Morgan fingerprint density at radius 1 is 1.33 bits per heavy atom. The molecule has 2 N–H and O–H groups in total. The van der Waals surface area contributed by atoms with Gasteiger partial charge in [-0.05, 0) is 56.5 Å². The lowest BCUT2D eigenvalue weighted by Crippen LogP contribution is -2.35. The molecule has 0 aliphatic carbocycles. The Morgan fingerprint density at radius 3 is 3.00 bits per heavy atom. The van der Waals surface area contributed by atoms with Crippen LogP contribution in [-0.4, -0.2) is 17.6 Å². The molecule has 1 aliphatic rings. The van der Waals surface area contributed by atoms with E-state index in [1.165, 1.54) is 35.9 Å². The first-order valence-electron chi connectivity index (χ1n) is 6.74. The molecule has 96 valence electrons. The topological polar surface area (TPSA) is 27.8 Å². The highest BCUT2D eigenvalue weighted by Crippen LogP contribution is 2.25. The van der Waals surface area contributed by atoms with E-state index in [2.05, 4.69) is 17.2 Å². The summed E-state index contributed by atoms with van der Waals surface area (Å²) in [6.07, 6.45) is 4.88. The number of rotatable bonds is 2. The van der Waals surface area contributed by atoms with E-state index in [4.69, 9.17) is 0 Å². The standard InChI is InChI=1S/C15H19FN2/c1-10-14(9-12-4-2-3-7-17-12)13-6-5-11(16)8-15(13)18-10/h5-6,8,12,17-18H,2-4,7,9H2,1H3. The van der Waals surface area contributed by atoms with Gasteiger partial charge in [0.1, 0.15) is 5.82 Å². The van der Waals surface area contributed by atoms with Gasteiger partial charge < -0.3 is 10.3 Å². The summed E-state index contributed by atoms with van der Waals surface area (Å²) in [5.74, 6) is -0.175. The Kier molecular flexibility index (Phi) is 3.08. The van der Waals surface area contributed by atoms with Crippen LogP contribution in [0, 0.1) is 12.7 Å². The molecule has 3 rings (SSSR count). The lowest BCUT2D eigenvalue weighted by molar-refractivity contribution is 0.399. The van der Waals surface area contributed by atoms with Crippen molar-refractivity contribution in [2.75, 3.05) is 6.54 Å². The van der Waals surface area contributed by atoms with Crippen LogP contribution in [0.4, 0.5) is 4.39 Å². The summed E-state index contributed by atoms with van der Waals surface area (Å²) in [4.78, 5) is 3.29. The molecule has 3 heteroatoms. The van der Waals surface area contributed by atoms with Crippen LogP contribution in [0.5, 0.6) is 0 Å². The predicted molar refractivity (Wildman–Crippen MR) is 72.3 cm³/mol. The molecule has 1 saturated heterocycles. The highest BCUT2D eigenvalue weighted by Gasteiger charge is 2.17. The number of aromatic amines is 1. The fourth-order valence-corrected chi connectivity index (χ4v) is 2.97. The molecule has 1 aromatic heterocycles. The predicted octanol–water partition coefficient (Wildman–Crippen LogP) is 3.30. The monoisotopic (exact) mass is 246 g/mol. The molecule has 1 aromatic carbocycles. The number of H-pyrrole nitrogens is 1. The summed E-state index contributed by atoms with van der Waals surface area (Å²) in [5, 5.41) is 4.74. The minimum atomic E-state index is -0.175. The number of hydrogen-bond acceptors (Lipinski definition) is 1. The second-order valence-electron chi connectivity index (χ2n) is 5.27. The molecule has 0 spiro atoms. The van der Waals surface area contributed by atoms with E-state index in [-0.39, 0.29) is 5.82 Å². The summed E-state index contributed by atoms with van der Waals surface area (Å²) in [6, 6.07) is 5.60. The average molecular weight is 246 g/mol. The Hall–Kier alpha value is -1.35. The van der Waals surface area contributed by atoms with E-state index in [0.29, 0.717) is 6.04 Å². The number of halogens is 1. The van der Waals surface area contributed by atoms with E-state index in [0.717, 1.165) is 18.5 Å². The molecule has 1 fully saturated rings. The molecular formula is C15H19FN2. The Bertz CT molecular complexity index is 553. The molecule has 0 saturated carbocycles. The van der Waals surface area contributed by atoms with Crippen LogP contribution in [0.25, 0.3) is 10.9 Å². The van der Waals surface area contributed by atoms with Crippen LogP contribution >= 0.6 is 0 Å². The van der Waals surface area contributed by atoms with Crippen LogP contribution in [0.1, 0.15) is 30.5 Å². The van der Waals surface area contributed by atoms with Gasteiger partial charge in [-0.3, -0.25) is 0 Å². The molecule has 18 heavy (non-hydrogen) atoms. The normalized spacial score (nSPS) is 20.4. The van der Waals surface area contributed by atoms with Gasteiger partial charge in [0.05, 0.1) is 0 Å². The Labute approximate surface area is 107 Å². The fraction of sp³-hybridized carbons (Fsp3) is 0.467. The van der Waals surface area contributed by atoms with Gasteiger partial charge in [-0.1, -0.05) is 6.42 Å². The van der Waals surface area contributed by atoms with Crippen molar-refractivity contribution < 1.29 is 4.39 Å². The number of aromatic nitrogens is 1. The van der Waals surface area contributed by atoms with Crippen molar-refractivity contribution in [1.29, 1.82) is 0 Å². The van der Waals surface area contributed by atoms with Crippen molar-refractivity contribution in [3.63, 3.8) is 0 Å². The summed E-state index contributed by atoms with van der Waals surface area (Å²) < 4.78 is 13.2. The van der Waals surface area contributed by atoms with Gasteiger partial charge >= 0.3 is 0 Å². The first kappa shape index (κ1) is 11.7. The van der Waals surface area contributed by atoms with Gasteiger partial charge in [-0.25, -0.2) is 4.39 Å². The first-order valence-corrected chi connectivity index (χ1v) is 6.74. The second kappa shape index (κ2) is 4.73. The van der Waals surface area contributed by atoms with Gasteiger partial charge in [-0.2, -0.15) is 0 Å². The molecule has 2 heterocycles. The number of aryl methyl sites for hydroxylation is 1. The summed E-state index contributed by atoms with van der Waals surface area (Å²) in [6.45, 7) is 3.21. The van der Waals surface area contributed by atoms with Crippen LogP contribution in [0.3, 0.4) is 0 Å². The number of nitrogens with one attached hydrogen (secondary N) is 2. The molecule has 1 atom stereocenters. The maximum absolute atomic E-state index is 13.2. The van der Waals surface area contributed by atoms with Crippen molar-refractivity contribution in [3.05, 3.63) is 35.3 Å². The number of fused-ring (bicyclic) bond motifs is 1. The first-order chi connectivity index (χ1) is 8.74. The summed E-state index contributed by atoms with van der Waals surface area (Å²) >= 11 is 0. The van der Waals surface area contributed by atoms with Gasteiger partial charge in [0.15, 0.2) is 0 Å². The van der Waals surface area contributed by atoms with Crippen molar-refractivity contribution in [2.24, 2.45) is 0 Å². The molecular weight excluding hydrogens is 227 g/mol. The van der Waals surface area contributed by atoms with Crippen LogP contribution in [0.15, 0.2) is 18.2 Å². The number of piperidine rings is 1. The van der Waals surface area contributed by atoms with Crippen molar-refractivity contribution >= 4 is 10.9 Å². The summed E-state index contributed by atoms with van der Waals surface area (Å²) in [5.41, 5.74) is 3.42. The zero-order chi connectivity index (χ0) is 12.5. The van der Waals surface area contributed by atoms with Crippen molar-refractivity contribution in [3.8, 4) is 0 Å². The van der Waals surface area contributed by atoms with Crippen molar-refractivity contribution in [1.82, 2.24) is 10.3 Å². The van der Waals surface area contributed by atoms with Gasteiger partial charge in [0, 0.05) is 22.6 Å². The highest BCUT2D eigenvalue weighted by molar-refractivity contribution is 5.84. The second-order valence-corrected chi connectivity index (χ2v) is 5.27. The van der Waals surface area contributed by atoms with E-state index in [9.17, 15) is 4.39 Å². The molecule has 2 nitrogen and oxygen atoms in total. The largest absolute Gasteiger partial charge is 0.358 e. The maximum Gasteiger partial charge on any atom is 0.125 e. The average Bonchev–Trinajstić information content (AvgIpc) is 2.66. The van der Waals surface area contributed by atoms with Crippen LogP contribution < -0.4 is 5.32 Å².